The average molecular weight is 395 g/mol. The van der Waals surface area contributed by atoms with Crippen LogP contribution in [0.2, 0.25) is 5.02 Å². The fraction of sp³-hybridized carbons (Fsp3) is 0.273. The number of nitrogens with two attached hydrogens (primary N) is 1. The number of hydrogen-bond donors (Lipinski definition) is 1. The minimum atomic E-state index is 0.00888. The van der Waals surface area contributed by atoms with Gasteiger partial charge in [-0.25, -0.2) is 4.68 Å². The van der Waals surface area contributed by atoms with E-state index in [9.17, 15) is 4.79 Å². The van der Waals surface area contributed by atoms with Crippen LogP contribution in [0.15, 0.2) is 60.8 Å². The summed E-state index contributed by atoms with van der Waals surface area (Å²) in [6.07, 6.45) is 1.80. The molecule has 5 nitrogen and oxygen atoms in total. The molecule has 2 N–H and O–H groups in total. The zero-order valence-corrected chi connectivity index (χ0v) is 16.5. The van der Waals surface area contributed by atoms with Crippen LogP contribution in [0, 0.1) is 12.8 Å². The van der Waals surface area contributed by atoms with Crippen LogP contribution < -0.4 is 5.73 Å². The van der Waals surface area contributed by atoms with Crippen molar-refractivity contribution in [2.24, 2.45) is 11.7 Å². The van der Waals surface area contributed by atoms with Crippen LogP contribution in [0.25, 0.3) is 5.69 Å². The largest absolute Gasteiger partial charge is 0.338 e. The summed E-state index contributed by atoms with van der Waals surface area (Å²) in [5.41, 5.74) is 9.47. The van der Waals surface area contributed by atoms with Gasteiger partial charge in [0.25, 0.3) is 5.91 Å². The number of hydrogen-bond acceptors (Lipinski definition) is 3. The van der Waals surface area contributed by atoms with Crippen molar-refractivity contribution in [1.29, 1.82) is 0 Å². The van der Waals surface area contributed by atoms with Gasteiger partial charge in [-0.3, -0.25) is 4.79 Å². The van der Waals surface area contributed by atoms with Crippen LogP contribution in [0.5, 0.6) is 0 Å². The zero-order valence-electron chi connectivity index (χ0n) is 15.8. The molecule has 0 unspecified atom stereocenters. The maximum absolute atomic E-state index is 13.2. The van der Waals surface area contributed by atoms with Gasteiger partial charge in [0.1, 0.15) is 0 Å². The summed E-state index contributed by atoms with van der Waals surface area (Å²) in [6, 6.07) is 17.7. The van der Waals surface area contributed by atoms with Gasteiger partial charge in [0.15, 0.2) is 0 Å². The summed E-state index contributed by atoms with van der Waals surface area (Å²) in [7, 11) is 0. The zero-order chi connectivity index (χ0) is 19.7. The van der Waals surface area contributed by atoms with E-state index >= 15 is 0 Å². The third kappa shape index (κ3) is 3.55. The highest BCUT2D eigenvalue weighted by Crippen LogP contribution is 2.33. The van der Waals surface area contributed by atoms with E-state index in [0.717, 1.165) is 5.69 Å². The summed E-state index contributed by atoms with van der Waals surface area (Å²) in [5, 5.41) is 5.19. The van der Waals surface area contributed by atoms with E-state index in [2.05, 4.69) is 17.2 Å². The molecule has 3 aromatic rings. The molecule has 2 heterocycles. The average Bonchev–Trinajstić information content (AvgIpc) is 3.32. The molecule has 144 valence electrons. The molecule has 0 radical (unpaired) electrons. The molecule has 28 heavy (non-hydrogen) atoms. The number of amides is 1. The molecule has 1 amide bonds. The smallest absolute Gasteiger partial charge is 0.257 e. The van der Waals surface area contributed by atoms with E-state index in [1.54, 1.807) is 10.9 Å². The molecule has 0 bridgehead atoms. The first kappa shape index (κ1) is 18.7. The molecule has 1 aliphatic heterocycles. The number of carbonyl (C=O) groups is 1. The lowest BCUT2D eigenvalue weighted by atomic mass is 9.89. The van der Waals surface area contributed by atoms with Crippen molar-refractivity contribution in [2.75, 3.05) is 19.6 Å². The molecule has 0 saturated carbocycles. The molecule has 1 fully saturated rings. The number of likely N-dealkylation sites (tertiary alicyclic amines) is 1. The number of benzene rings is 2. The Hall–Kier alpha value is -2.63. The van der Waals surface area contributed by atoms with E-state index in [4.69, 9.17) is 17.3 Å². The second-order valence-electron chi connectivity index (χ2n) is 7.27. The first-order valence-electron chi connectivity index (χ1n) is 9.43. The van der Waals surface area contributed by atoms with Crippen LogP contribution in [-0.2, 0) is 0 Å². The van der Waals surface area contributed by atoms with Crippen LogP contribution in [0.3, 0.4) is 0 Å². The van der Waals surface area contributed by atoms with Gasteiger partial charge in [0, 0.05) is 30.2 Å². The fourth-order valence-electron chi connectivity index (χ4n) is 3.92. The third-order valence-electron chi connectivity index (χ3n) is 5.48. The standard InChI is InChI=1S/C22H23ClN4O/c1-15-20(14-27(25-15)19-9-7-18(23)8-10-19)22(28)26-12-17(11-24)21(13-26)16-5-3-2-4-6-16/h2-10,14,17,21H,11-13,24H2,1H3/t17-,21+/m1/s1. The molecule has 6 heteroatoms. The normalized spacial score (nSPS) is 19.2. The first-order valence-corrected chi connectivity index (χ1v) is 9.81. The summed E-state index contributed by atoms with van der Waals surface area (Å²) in [6.45, 7) is 3.77. The number of carbonyl (C=O) groups excluding carboxylic acids is 1. The van der Waals surface area contributed by atoms with Crippen LogP contribution in [0.4, 0.5) is 0 Å². The monoisotopic (exact) mass is 394 g/mol. The lowest BCUT2D eigenvalue weighted by Gasteiger charge is -2.16. The van der Waals surface area contributed by atoms with Gasteiger partial charge in [-0.05, 0) is 49.2 Å². The molecule has 1 aromatic heterocycles. The number of aryl methyl sites for hydroxylation is 1. The number of nitrogens with zero attached hydrogens (tertiary/aromatic N) is 3. The minimum absolute atomic E-state index is 0.00888. The number of aromatic nitrogens is 2. The molecule has 0 spiro atoms. The van der Waals surface area contributed by atoms with Gasteiger partial charge in [-0.1, -0.05) is 41.9 Å². The molecular weight excluding hydrogens is 372 g/mol. The van der Waals surface area contributed by atoms with E-state index in [1.165, 1.54) is 5.56 Å². The van der Waals surface area contributed by atoms with Gasteiger partial charge in [0.2, 0.25) is 0 Å². The third-order valence-corrected chi connectivity index (χ3v) is 5.73. The van der Waals surface area contributed by atoms with Crippen molar-refractivity contribution in [1.82, 2.24) is 14.7 Å². The second kappa shape index (κ2) is 7.78. The van der Waals surface area contributed by atoms with Crippen LogP contribution in [-0.4, -0.2) is 40.2 Å². The maximum Gasteiger partial charge on any atom is 0.257 e. The number of rotatable bonds is 4. The Bertz CT molecular complexity index is 968. The Kier molecular flexibility index (Phi) is 5.20. The highest BCUT2D eigenvalue weighted by atomic mass is 35.5. The summed E-state index contributed by atoms with van der Waals surface area (Å²) in [5.74, 6) is 0.536. The second-order valence-corrected chi connectivity index (χ2v) is 7.71. The van der Waals surface area contributed by atoms with E-state index in [-0.39, 0.29) is 17.7 Å². The first-order chi connectivity index (χ1) is 13.6. The Labute approximate surface area is 169 Å². The Morgan fingerprint density at radius 3 is 2.54 bits per heavy atom. The van der Waals surface area contributed by atoms with E-state index in [0.29, 0.717) is 35.9 Å². The van der Waals surface area contributed by atoms with Gasteiger partial charge in [0.05, 0.1) is 16.9 Å². The molecule has 4 rings (SSSR count). The quantitative estimate of drug-likeness (QED) is 0.734. The molecule has 1 saturated heterocycles. The molecule has 2 aromatic carbocycles. The summed E-state index contributed by atoms with van der Waals surface area (Å²) < 4.78 is 1.73. The lowest BCUT2D eigenvalue weighted by Crippen LogP contribution is -2.30. The number of halogens is 1. The SMILES string of the molecule is Cc1nn(-c2ccc(Cl)cc2)cc1C(=O)N1C[C@@H](CN)[C@H](c2ccccc2)C1. The van der Waals surface area contributed by atoms with Crippen molar-refractivity contribution in [3.8, 4) is 5.69 Å². The van der Waals surface area contributed by atoms with Crippen molar-refractivity contribution in [3.05, 3.63) is 82.6 Å². The Morgan fingerprint density at radius 2 is 1.86 bits per heavy atom. The van der Waals surface area contributed by atoms with Gasteiger partial charge in [-0.2, -0.15) is 5.10 Å². The van der Waals surface area contributed by atoms with E-state index < -0.39 is 0 Å². The Morgan fingerprint density at radius 1 is 1.14 bits per heavy atom. The summed E-state index contributed by atoms with van der Waals surface area (Å²) in [4.78, 5) is 15.1. The van der Waals surface area contributed by atoms with Crippen molar-refractivity contribution >= 4 is 17.5 Å². The molecular formula is C22H23ClN4O. The highest BCUT2D eigenvalue weighted by Gasteiger charge is 2.36. The van der Waals surface area contributed by atoms with Crippen molar-refractivity contribution in [2.45, 2.75) is 12.8 Å². The predicted octanol–water partition coefficient (Wildman–Crippen LogP) is 3.65. The lowest BCUT2D eigenvalue weighted by molar-refractivity contribution is 0.0785. The molecule has 2 atom stereocenters. The van der Waals surface area contributed by atoms with Crippen LogP contribution in [0.1, 0.15) is 27.5 Å². The minimum Gasteiger partial charge on any atom is -0.338 e. The van der Waals surface area contributed by atoms with Gasteiger partial charge in [-0.15, -0.1) is 0 Å². The van der Waals surface area contributed by atoms with E-state index in [1.807, 2.05) is 54.3 Å². The summed E-state index contributed by atoms with van der Waals surface area (Å²) >= 11 is 5.96. The fourth-order valence-corrected chi connectivity index (χ4v) is 4.05. The van der Waals surface area contributed by atoms with Crippen LogP contribution >= 0.6 is 11.6 Å². The maximum atomic E-state index is 13.2. The molecule has 1 aliphatic rings. The van der Waals surface area contributed by atoms with Gasteiger partial charge >= 0.3 is 0 Å². The van der Waals surface area contributed by atoms with Gasteiger partial charge < -0.3 is 10.6 Å². The Balaban J connectivity index is 1.57. The molecule has 0 aliphatic carbocycles. The predicted molar refractivity (Wildman–Crippen MR) is 111 cm³/mol. The topological polar surface area (TPSA) is 64.2 Å². The van der Waals surface area contributed by atoms with Crippen molar-refractivity contribution < 1.29 is 4.79 Å². The highest BCUT2D eigenvalue weighted by molar-refractivity contribution is 6.30. The van der Waals surface area contributed by atoms with Crippen molar-refractivity contribution in [3.63, 3.8) is 0 Å².